The number of hydrogen-bond donors (Lipinski definition) is 0. The van der Waals surface area contributed by atoms with Crippen LogP contribution < -0.4 is 9.47 Å². The number of aromatic nitrogens is 1. The van der Waals surface area contributed by atoms with Crippen molar-refractivity contribution in [1.82, 2.24) is 4.98 Å². The lowest BCUT2D eigenvalue weighted by atomic mass is 10.0. The highest BCUT2D eigenvalue weighted by molar-refractivity contribution is 5.96. The summed E-state index contributed by atoms with van der Waals surface area (Å²) in [7, 11) is 1.63. The first-order valence-electron chi connectivity index (χ1n) is 7.99. The lowest BCUT2D eigenvalue weighted by molar-refractivity contribution is 0.101. The van der Waals surface area contributed by atoms with E-state index in [1.54, 1.807) is 26.3 Å². The molecule has 0 amide bonds. The number of carbonyl (C=O) groups is 1. The largest absolute Gasteiger partial charge is 0.497 e. The van der Waals surface area contributed by atoms with Crippen molar-refractivity contribution in [2.24, 2.45) is 0 Å². The zero-order valence-corrected chi connectivity index (χ0v) is 14.2. The SMILES string of the molecule is COc1ccc(-c2cc(C(C)=O)ccc2OCc2ccccn2)cc1. The van der Waals surface area contributed by atoms with Crippen LogP contribution in [-0.2, 0) is 6.61 Å². The van der Waals surface area contributed by atoms with E-state index < -0.39 is 0 Å². The van der Waals surface area contributed by atoms with Gasteiger partial charge in [0.2, 0.25) is 0 Å². The first kappa shape index (κ1) is 16.7. The molecule has 0 atom stereocenters. The third kappa shape index (κ3) is 4.04. The third-order valence-corrected chi connectivity index (χ3v) is 3.89. The number of benzene rings is 2. The average Bonchev–Trinajstić information content (AvgIpc) is 2.67. The zero-order chi connectivity index (χ0) is 17.6. The minimum atomic E-state index is 0.0195. The highest BCUT2D eigenvalue weighted by Crippen LogP contribution is 2.33. The number of Topliss-reactive ketones (excluding diaryl/α,β-unsaturated/α-hetero) is 1. The molecule has 0 aliphatic heterocycles. The molecule has 0 aliphatic carbocycles. The van der Waals surface area contributed by atoms with Gasteiger partial charge < -0.3 is 9.47 Å². The van der Waals surface area contributed by atoms with Crippen LogP contribution in [0, 0.1) is 0 Å². The van der Waals surface area contributed by atoms with Gasteiger partial charge in [-0.05, 0) is 55.0 Å². The van der Waals surface area contributed by atoms with Crippen molar-refractivity contribution in [3.05, 3.63) is 78.1 Å². The Morgan fingerprint density at radius 1 is 1.04 bits per heavy atom. The van der Waals surface area contributed by atoms with Crippen molar-refractivity contribution in [2.45, 2.75) is 13.5 Å². The fraction of sp³-hybridized carbons (Fsp3) is 0.143. The van der Waals surface area contributed by atoms with Crippen LogP contribution >= 0.6 is 0 Å². The van der Waals surface area contributed by atoms with Gasteiger partial charge in [0.15, 0.2) is 5.78 Å². The Morgan fingerprint density at radius 2 is 1.84 bits per heavy atom. The lowest BCUT2D eigenvalue weighted by Crippen LogP contribution is -2.00. The molecule has 0 fully saturated rings. The number of hydrogen-bond acceptors (Lipinski definition) is 4. The molecule has 0 radical (unpaired) electrons. The number of carbonyl (C=O) groups excluding carboxylic acids is 1. The van der Waals surface area contributed by atoms with Crippen molar-refractivity contribution < 1.29 is 14.3 Å². The summed E-state index contributed by atoms with van der Waals surface area (Å²) in [4.78, 5) is 16.0. The molecule has 3 rings (SSSR count). The molecule has 3 aromatic rings. The van der Waals surface area contributed by atoms with E-state index in [-0.39, 0.29) is 5.78 Å². The van der Waals surface area contributed by atoms with Crippen molar-refractivity contribution in [2.75, 3.05) is 7.11 Å². The van der Waals surface area contributed by atoms with E-state index in [0.29, 0.717) is 17.9 Å². The zero-order valence-electron chi connectivity index (χ0n) is 14.2. The number of ether oxygens (including phenoxy) is 2. The van der Waals surface area contributed by atoms with Crippen LogP contribution in [-0.4, -0.2) is 17.9 Å². The van der Waals surface area contributed by atoms with Crippen LogP contribution in [0.4, 0.5) is 0 Å². The number of methoxy groups -OCH3 is 1. The Labute approximate surface area is 147 Å². The molecular weight excluding hydrogens is 314 g/mol. The Morgan fingerprint density at radius 3 is 2.48 bits per heavy atom. The Bertz CT molecular complexity index is 858. The van der Waals surface area contributed by atoms with Gasteiger partial charge in [0, 0.05) is 17.3 Å². The summed E-state index contributed by atoms with van der Waals surface area (Å²) in [5.74, 6) is 1.51. The van der Waals surface area contributed by atoms with Crippen LogP contribution in [0.2, 0.25) is 0 Å². The van der Waals surface area contributed by atoms with E-state index in [4.69, 9.17) is 9.47 Å². The Balaban J connectivity index is 1.94. The smallest absolute Gasteiger partial charge is 0.159 e. The summed E-state index contributed by atoms with van der Waals surface area (Å²) in [6.07, 6.45) is 1.74. The Kier molecular flexibility index (Phi) is 5.09. The summed E-state index contributed by atoms with van der Waals surface area (Å²) in [5, 5.41) is 0. The minimum Gasteiger partial charge on any atom is -0.497 e. The first-order chi connectivity index (χ1) is 12.2. The van der Waals surface area contributed by atoms with Gasteiger partial charge >= 0.3 is 0 Å². The van der Waals surface area contributed by atoms with Gasteiger partial charge in [0.1, 0.15) is 18.1 Å². The van der Waals surface area contributed by atoms with E-state index >= 15 is 0 Å². The second kappa shape index (κ2) is 7.62. The van der Waals surface area contributed by atoms with Crippen LogP contribution in [0.25, 0.3) is 11.1 Å². The van der Waals surface area contributed by atoms with Crippen LogP contribution in [0.5, 0.6) is 11.5 Å². The number of rotatable bonds is 6. The molecule has 0 spiro atoms. The average molecular weight is 333 g/mol. The Hall–Kier alpha value is -3.14. The summed E-state index contributed by atoms with van der Waals surface area (Å²) in [6.45, 7) is 1.92. The van der Waals surface area contributed by atoms with E-state index in [1.807, 2.05) is 54.6 Å². The molecule has 25 heavy (non-hydrogen) atoms. The molecule has 4 nitrogen and oxygen atoms in total. The fourth-order valence-corrected chi connectivity index (χ4v) is 2.51. The van der Waals surface area contributed by atoms with E-state index in [1.165, 1.54) is 0 Å². The number of ketones is 1. The molecule has 0 N–H and O–H groups in total. The maximum atomic E-state index is 11.7. The molecular formula is C21H19NO3. The van der Waals surface area contributed by atoms with Gasteiger partial charge in [-0.15, -0.1) is 0 Å². The summed E-state index contributed by atoms with van der Waals surface area (Å²) in [6, 6.07) is 18.9. The second-order valence-electron chi connectivity index (χ2n) is 5.61. The minimum absolute atomic E-state index is 0.0195. The maximum absolute atomic E-state index is 11.7. The summed E-state index contributed by atoms with van der Waals surface area (Å²) >= 11 is 0. The monoisotopic (exact) mass is 333 g/mol. The maximum Gasteiger partial charge on any atom is 0.159 e. The standard InChI is InChI=1S/C21H19NO3/c1-15(23)17-8-11-21(25-14-18-5-3-4-12-22-18)20(13-17)16-6-9-19(24-2)10-7-16/h3-13H,14H2,1-2H3. The van der Waals surface area contributed by atoms with Crippen molar-refractivity contribution in [3.63, 3.8) is 0 Å². The van der Waals surface area contributed by atoms with E-state index in [9.17, 15) is 4.79 Å². The van der Waals surface area contributed by atoms with Gasteiger partial charge in [-0.25, -0.2) is 0 Å². The lowest BCUT2D eigenvalue weighted by Gasteiger charge is -2.13. The topological polar surface area (TPSA) is 48.4 Å². The van der Waals surface area contributed by atoms with Gasteiger partial charge in [0.25, 0.3) is 0 Å². The highest BCUT2D eigenvalue weighted by Gasteiger charge is 2.11. The fourth-order valence-electron chi connectivity index (χ4n) is 2.51. The summed E-state index contributed by atoms with van der Waals surface area (Å²) in [5.41, 5.74) is 3.32. The molecule has 0 saturated heterocycles. The molecule has 4 heteroatoms. The number of pyridine rings is 1. The van der Waals surface area contributed by atoms with Gasteiger partial charge in [-0.2, -0.15) is 0 Å². The van der Waals surface area contributed by atoms with Crippen molar-refractivity contribution in [1.29, 1.82) is 0 Å². The van der Waals surface area contributed by atoms with Gasteiger partial charge in [-0.1, -0.05) is 18.2 Å². The van der Waals surface area contributed by atoms with E-state index in [2.05, 4.69) is 4.98 Å². The van der Waals surface area contributed by atoms with Crippen LogP contribution in [0.15, 0.2) is 66.9 Å². The van der Waals surface area contributed by atoms with E-state index in [0.717, 1.165) is 22.6 Å². The predicted molar refractivity (Wildman–Crippen MR) is 97.0 cm³/mol. The van der Waals surface area contributed by atoms with Crippen LogP contribution in [0.3, 0.4) is 0 Å². The molecule has 0 saturated carbocycles. The quantitative estimate of drug-likeness (QED) is 0.621. The van der Waals surface area contributed by atoms with Crippen molar-refractivity contribution in [3.8, 4) is 22.6 Å². The second-order valence-corrected chi connectivity index (χ2v) is 5.61. The predicted octanol–water partition coefficient (Wildman–Crippen LogP) is 4.54. The number of nitrogens with zero attached hydrogens (tertiary/aromatic N) is 1. The molecule has 1 heterocycles. The molecule has 126 valence electrons. The summed E-state index contributed by atoms with van der Waals surface area (Å²) < 4.78 is 11.2. The molecule has 0 unspecified atom stereocenters. The first-order valence-corrected chi connectivity index (χ1v) is 7.99. The molecule has 0 aliphatic rings. The van der Waals surface area contributed by atoms with Crippen LogP contribution in [0.1, 0.15) is 23.0 Å². The molecule has 1 aromatic heterocycles. The third-order valence-electron chi connectivity index (χ3n) is 3.89. The normalized spacial score (nSPS) is 10.3. The van der Waals surface area contributed by atoms with Gasteiger partial charge in [-0.3, -0.25) is 9.78 Å². The molecule has 0 bridgehead atoms. The highest BCUT2D eigenvalue weighted by atomic mass is 16.5. The van der Waals surface area contributed by atoms with Gasteiger partial charge in [0.05, 0.1) is 12.8 Å². The molecule has 2 aromatic carbocycles. The van der Waals surface area contributed by atoms with Crippen molar-refractivity contribution >= 4 is 5.78 Å².